The summed E-state index contributed by atoms with van der Waals surface area (Å²) in [4.78, 5) is 33.5. The lowest BCUT2D eigenvalue weighted by Gasteiger charge is -2.11. The van der Waals surface area contributed by atoms with Crippen LogP contribution in [0.4, 0.5) is 0 Å². The number of rotatable bonds is 8. The smallest absolute Gasteiger partial charge is 0.263 e. The zero-order chi connectivity index (χ0) is 24.7. The number of hydrogen-bond donors (Lipinski definition) is 0. The van der Waals surface area contributed by atoms with E-state index in [0.29, 0.717) is 17.3 Å². The number of thioether (sulfide) groups is 1. The Labute approximate surface area is 212 Å². The van der Waals surface area contributed by atoms with Crippen LogP contribution >= 0.6 is 23.1 Å². The highest BCUT2D eigenvalue weighted by atomic mass is 32.2. The van der Waals surface area contributed by atoms with Crippen molar-refractivity contribution < 1.29 is 9.53 Å². The number of fused-ring (bicyclic) bond motifs is 3. The van der Waals surface area contributed by atoms with E-state index in [4.69, 9.17) is 9.72 Å². The van der Waals surface area contributed by atoms with E-state index in [2.05, 4.69) is 11.1 Å². The van der Waals surface area contributed by atoms with Crippen molar-refractivity contribution >= 4 is 39.1 Å². The van der Waals surface area contributed by atoms with Crippen LogP contribution in [-0.4, -0.2) is 32.8 Å². The van der Waals surface area contributed by atoms with Crippen molar-refractivity contribution in [3.05, 3.63) is 80.7 Å². The van der Waals surface area contributed by atoms with Crippen LogP contribution < -0.4 is 10.3 Å². The van der Waals surface area contributed by atoms with E-state index < -0.39 is 0 Å². The number of nitrogens with zero attached hydrogens (tertiary/aromatic N) is 3. The van der Waals surface area contributed by atoms with Gasteiger partial charge in [-0.1, -0.05) is 17.8 Å². The van der Waals surface area contributed by atoms with Crippen LogP contribution in [0.3, 0.4) is 0 Å². The number of carbonyl (C=O) groups excluding carboxylic acids is 1. The van der Waals surface area contributed by atoms with Gasteiger partial charge >= 0.3 is 0 Å². The predicted octanol–water partition coefficient (Wildman–Crippen LogP) is 5.52. The summed E-state index contributed by atoms with van der Waals surface area (Å²) in [7, 11) is 1.64. The molecule has 0 unspecified atom stereocenters. The molecule has 1 aliphatic rings. The fraction of sp³-hybridized carbons (Fsp3) is 0.296. The summed E-state index contributed by atoms with van der Waals surface area (Å²) in [6.07, 6.45) is 4.75. The number of allylic oxidation sites excluding steroid dienone is 1. The number of aryl methyl sites for hydroxylation is 3. The van der Waals surface area contributed by atoms with Gasteiger partial charge in [-0.3, -0.25) is 14.2 Å². The maximum absolute atomic E-state index is 13.4. The molecule has 180 valence electrons. The quantitative estimate of drug-likeness (QED) is 0.136. The summed E-state index contributed by atoms with van der Waals surface area (Å²) < 4.78 is 8.98. The van der Waals surface area contributed by atoms with Gasteiger partial charge in [0.15, 0.2) is 10.9 Å². The number of Topliss-reactive ketones (excluding diaryl/α,β-unsaturated/α-hetero) is 1. The second kappa shape index (κ2) is 9.51. The first-order valence-corrected chi connectivity index (χ1v) is 13.4. The van der Waals surface area contributed by atoms with Crippen LogP contribution in [0.5, 0.6) is 5.75 Å². The molecule has 0 fully saturated rings. The van der Waals surface area contributed by atoms with Gasteiger partial charge in [0, 0.05) is 34.1 Å². The topological polar surface area (TPSA) is 66.1 Å². The van der Waals surface area contributed by atoms with Gasteiger partial charge in [-0.25, -0.2) is 4.98 Å². The number of thiophene rings is 1. The zero-order valence-corrected chi connectivity index (χ0v) is 21.7. The Morgan fingerprint density at radius 1 is 1.26 bits per heavy atom. The van der Waals surface area contributed by atoms with Gasteiger partial charge in [0.05, 0.1) is 18.2 Å². The van der Waals surface area contributed by atoms with Crippen LogP contribution in [-0.2, 0) is 19.4 Å². The largest absolute Gasteiger partial charge is 0.497 e. The number of ether oxygens (including phenoxy) is 1. The molecular formula is C27H27N3O3S2. The summed E-state index contributed by atoms with van der Waals surface area (Å²) in [5.41, 5.74) is 4.67. The molecule has 0 radical (unpaired) electrons. The van der Waals surface area contributed by atoms with Crippen LogP contribution in [0.2, 0.25) is 0 Å². The zero-order valence-electron chi connectivity index (χ0n) is 20.1. The third kappa shape index (κ3) is 4.15. The number of carbonyl (C=O) groups is 1. The molecule has 0 saturated heterocycles. The summed E-state index contributed by atoms with van der Waals surface area (Å²) in [5.74, 6) is 0.999. The van der Waals surface area contributed by atoms with E-state index in [1.807, 2.05) is 44.2 Å². The molecule has 0 spiro atoms. The summed E-state index contributed by atoms with van der Waals surface area (Å²) in [6.45, 7) is 8.14. The van der Waals surface area contributed by atoms with Crippen molar-refractivity contribution in [1.29, 1.82) is 0 Å². The van der Waals surface area contributed by atoms with Crippen molar-refractivity contribution in [3.8, 4) is 11.4 Å². The third-order valence-electron chi connectivity index (χ3n) is 6.50. The highest BCUT2D eigenvalue weighted by molar-refractivity contribution is 7.99. The molecule has 1 aromatic carbocycles. The lowest BCUT2D eigenvalue weighted by molar-refractivity contribution is 0.102. The van der Waals surface area contributed by atoms with Crippen molar-refractivity contribution in [3.63, 3.8) is 0 Å². The van der Waals surface area contributed by atoms with Crippen LogP contribution in [0, 0.1) is 13.8 Å². The second-order valence-electron chi connectivity index (χ2n) is 8.67. The molecule has 0 bridgehead atoms. The van der Waals surface area contributed by atoms with E-state index in [9.17, 15) is 9.59 Å². The molecule has 3 heterocycles. The molecule has 0 N–H and O–H groups in total. The average molecular weight is 506 g/mol. The van der Waals surface area contributed by atoms with Crippen molar-refractivity contribution in [2.24, 2.45) is 0 Å². The average Bonchev–Trinajstić information content (AvgIpc) is 3.52. The van der Waals surface area contributed by atoms with Gasteiger partial charge in [0.1, 0.15) is 10.6 Å². The van der Waals surface area contributed by atoms with Crippen LogP contribution in [0.1, 0.15) is 38.6 Å². The molecule has 0 amide bonds. The van der Waals surface area contributed by atoms with Crippen molar-refractivity contribution in [2.45, 2.75) is 44.8 Å². The van der Waals surface area contributed by atoms with E-state index >= 15 is 0 Å². The molecule has 0 atom stereocenters. The number of ketones is 1. The van der Waals surface area contributed by atoms with Crippen LogP contribution in [0.15, 0.2) is 52.9 Å². The lowest BCUT2D eigenvalue weighted by atomic mass is 10.2. The number of hydrogen-bond acceptors (Lipinski definition) is 6. The fourth-order valence-corrected chi connectivity index (χ4v) is 7.03. The van der Waals surface area contributed by atoms with E-state index in [1.165, 1.54) is 22.2 Å². The molecule has 4 aromatic rings. The van der Waals surface area contributed by atoms with Gasteiger partial charge in [-0.05, 0) is 69.0 Å². The Morgan fingerprint density at radius 3 is 2.74 bits per heavy atom. The molecule has 35 heavy (non-hydrogen) atoms. The highest BCUT2D eigenvalue weighted by Crippen LogP contribution is 2.35. The summed E-state index contributed by atoms with van der Waals surface area (Å²) >= 11 is 2.94. The van der Waals surface area contributed by atoms with Gasteiger partial charge in [-0.2, -0.15) is 0 Å². The van der Waals surface area contributed by atoms with Gasteiger partial charge in [0.2, 0.25) is 0 Å². The Balaban J connectivity index is 1.43. The normalized spacial score (nSPS) is 12.8. The summed E-state index contributed by atoms with van der Waals surface area (Å²) in [6, 6.07) is 9.71. The van der Waals surface area contributed by atoms with E-state index in [-0.39, 0.29) is 17.1 Å². The first kappa shape index (κ1) is 23.6. The van der Waals surface area contributed by atoms with Crippen molar-refractivity contribution in [1.82, 2.24) is 14.1 Å². The van der Waals surface area contributed by atoms with Crippen molar-refractivity contribution in [2.75, 3.05) is 12.9 Å². The minimum Gasteiger partial charge on any atom is -0.497 e. The Morgan fingerprint density at radius 2 is 2.03 bits per heavy atom. The Hall–Kier alpha value is -3.10. The predicted molar refractivity (Wildman–Crippen MR) is 143 cm³/mol. The standard InChI is InChI=1S/C27H27N3O3S2/c1-5-13-29-26(32)24-20-7-6-8-23(20)35-25(24)28-27(29)34-15-22(31)21-14-16(2)30(17(21)3)18-9-11-19(33-4)12-10-18/h5,9-12,14H,1,6-8,13,15H2,2-4H3. The number of benzene rings is 1. The van der Waals surface area contributed by atoms with Gasteiger partial charge in [-0.15, -0.1) is 17.9 Å². The first-order valence-electron chi connectivity index (χ1n) is 11.6. The maximum Gasteiger partial charge on any atom is 0.263 e. The SMILES string of the molecule is C=CCn1c(SCC(=O)c2cc(C)n(-c3ccc(OC)cc3)c2C)nc2sc3c(c2c1=O)CCC3. The number of methoxy groups -OCH3 is 1. The summed E-state index contributed by atoms with van der Waals surface area (Å²) in [5, 5.41) is 1.32. The molecule has 8 heteroatoms. The lowest BCUT2D eigenvalue weighted by Crippen LogP contribution is -2.23. The van der Waals surface area contributed by atoms with Gasteiger partial charge in [0.25, 0.3) is 5.56 Å². The monoisotopic (exact) mass is 505 g/mol. The molecule has 1 aliphatic carbocycles. The Bertz CT molecular complexity index is 1510. The fourth-order valence-electron chi connectivity index (χ4n) is 4.84. The van der Waals surface area contributed by atoms with Crippen LogP contribution in [0.25, 0.3) is 15.9 Å². The molecule has 6 nitrogen and oxygen atoms in total. The third-order valence-corrected chi connectivity index (χ3v) is 8.66. The molecule has 3 aromatic heterocycles. The number of aromatic nitrogens is 3. The molecule has 0 saturated carbocycles. The maximum atomic E-state index is 13.4. The molecule has 5 rings (SSSR count). The van der Waals surface area contributed by atoms with E-state index in [1.54, 1.807) is 29.1 Å². The molecule has 0 aliphatic heterocycles. The minimum absolute atomic E-state index is 0.0102. The Kier molecular flexibility index (Phi) is 6.42. The van der Waals surface area contributed by atoms with Gasteiger partial charge < -0.3 is 9.30 Å². The molecular weight excluding hydrogens is 478 g/mol. The second-order valence-corrected chi connectivity index (χ2v) is 10.7. The highest BCUT2D eigenvalue weighted by Gasteiger charge is 2.24. The minimum atomic E-state index is -0.0260. The first-order chi connectivity index (χ1) is 16.9. The van der Waals surface area contributed by atoms with E-state index in [0.717, 1.165) is 52.3 Å².